The summed E-state index contributed by atoms with van der Waals surface area (Å²) in [5, 5.41) is 2.79. The number of rotatable bonds is 1. The average molecular weight is 170 g/mol. The summed E-state index contributed by atoms with van der Waals surface area (Å²) in [5.74, 6) is 0.0632. The van der Waals surface area contributed by atoms with Crippen molar-refractivity contribution >= 4 is 11.8 Å². The molecule has 1 saturated heterocycles. The summed E-state index contributed by atoms with van der Waals surface area (Å²) in [7, 11) is 0. The number of carbonyl (C=O) groups excluding carboxylic acids is 2. The topological polar surface area (TPSA) is 49.4 Å². The third-order valence-electron chi connectivity index (χ3n) is 2.04. The molecule has 0 saturated carbocycles. The zero-order valence-electron chi connectivity index (χ0n) is 7.46. The van der Waals surface area contributed by atoms with Gasteiger partial charge in [0.05, 0.1) is 0 Å². The molecule has 68 valence electrons. The van der Waals surface area contributed by atoms with Crippen molar-refractivity contribution < 1.29 is 9.59 Å². The number of carbonyl (C=O) groups is 2. The summed E-state index contributed by atoms with van der Waals surface area (Å²) >= 11 is 0. The van der Waals surface area contributed by atoms with Crippen LogP contribution in [0, 0.1) is 0 Å². The zero-order valence-corrected chi connectivity index (χ0v) is 7.46. The molecular weight excluding hydrogens is 156 g/mol. The van der Waals surface area contributed by atoms with E-state index in [1.165, 1.54) is 6.92 Å². The second-order valence-corrected chi connectivity index (χ2v) is 3.15. The fraction of sp³-hybridized carbons (Fsp3) is 0.750. The first-order valence-electron chi connectivity index (χ1n) is 4.12. The number of hydrogen-bond donors (Lipinski definition) is 1. The van der Waals surface area contributed by atoms with E-state index in [0.29, 0.717) is 6.54 Å². The van der Waals surface area contributed by atoms with Crippen molar-refractivity contribution in [1.82, 2.24) is 10.2 Å². The SMILES string of the molecule is CC(=O)N[C@H]1CCN(C(C)=O)C1. The molecule has 4 nitrogen and oxygen atoms in total. The quantitative estimate of drug-likeness (QED) is 0.589. The van der Waals surface area contributed by atoms with Gasteiger partial charge in [-0.15, -0.1) is 0 Å². The predicted octanol–water partition coefficient (Wildman–Crippen LogP) is -0.257. The van der Waals surface area contributed by atoms with E-state index in [1.807, 2.05) is 0 Å². The molecule has 1 heterocycles. The molecule has 2 amide bonds. The number of nitrogens with zero attached hydrogens (tertiary/aromatic N) is 1. The average Bonchev–Trinajstić information content (AvgIpc) is 2.34. The molecule has 0 bridgehead atoms. The Morgan fingerprint density at radius 2 is 2.08 bits per heavy atom. The maximum atomic E-state index is 10.9. The highest BCUT2D eigenvalue weighted by molar-refractivity contribution is 5.75. The van der Waals surface area contributed by atoms with Gasteiger partial charge in [-0.25, -0.2) is 0 Å². The molecule has 1 atom stereocenters. The number of likely N-dealkylation sites (tertiary alicyclic amines) is 1. The standard InChI is InChI=1S/C8H14N2O2/c1-6(11)9-8-3-4-10(5-8)7(2)12/h8H,3-5H2,1-2H3,(H,9,11)/t8-/m0/s1. The maximum absolute atomic E-state index is 10.9. The van der Waals surface area contributed by atoms with Crippen LogP contribution in [0.15, 0.2) is 0 Å². The minimum absolute atomic E-state index is 0.0228. The summed E-state index contributed by atoms with van der Waals surface area (Å²) < 4.78 is 0. The fourth-order valence-corrected chi connectivity index (χ4v) is 1.45. The third kappa shape index (κ3) is 2.22. The Hall–Kier alpha value is -1.06. The summed E-state index contributed by atoms with van der Waals surface area (Å²) in [6, 6.07) is 0.159. The molecule has 0 unspecified atom stereocenters. The normalized spacial score (nSPS) is 22.5. The van der Waals surface area contributed by atoms with E-state index < -0.39 is 0 Å². The predicted molar refractivity (Wildman–Crippen MR) is 44.5 cm³/mol. The van der Waals surface area contributed by atoms with Gasteiger partial charge in [-0.2, -0.15) is 0 Å². The van der Waals surface area contributed by atoms with Crippen LogP contribution in [0.5, 0.6) is 0 Å². The maximum Gasteiger partial charge on any atom is 0.219 e. The summed E-state index contributed by atoms with van der Waals surface area (Å²) in [6.45, 7) is 4.47. The lowest BCUT2D eigenvalue weighted by molar-refractivity contribution is -0.128. The first kappa shape index (κ1) is 9.03. The van der Waals surface area contributed by atoms with Gasteiger partial charge in [0.2, 0.25) is 11.8 Å². The Balaban J connectivity index is 2.35. The van der Waals surface area contributed by atoms with Crippen LogP contribution in [0.3, 0.4) is 0 Å². The molecule has 1 aliphatic rings. The Kier molecular flexibility index (Phi) is 2.68. The second-order valence-electron chi connectivity index (χ2n) is 3.15. The molecule has 12 heavy (non-hydrogen) atoms. The van der Waals surface area contributed by atoms with Gasteiger partial charge in [0.15, 0.2) is 0 Å². The molecule has 0 aromatic carbocycles. The lowest BCUT2D eigenvalue weighted by Gasteiger charge is -2.13. The van der Waals surface area contributed by atoms with Crippen LogP contribution < -0.4 is 5.32 Å². The highest BCUT2D eigenvalue weighted by Gasteiger charge is 2.24. The van der Waals surface area contributed by atoms with E-state index in [1.54, 1.807) is 11.8 Å². The first-order valence-corrected chi connectivity index (χ1v) is 4.12. The molecule has 1 aliphatic heterocycles. The minimum Gasteiger partial charge on any atom is -0.352 e. The van der Waals surface area contributed by atoms with E-state index in [-0.39, 0.29) is 17.9 Å². The fourth-order valence-electron chi connectivity index (χ4n) is 1.45. The van der Waals surface area contributed by atoms with E-state index >= 15 is 0 Å². The van der Waals surface area contributed by atoms with Gasteiger partial charge in [0, 0.05) is 33.0 Å². The molecule has 0 aromatic heterocycles. The van der Waals surface area contributed by atoms with Crippen LogP contribution >= 0.6 is 0 Å². The van der Waals surface area contributed by atoms with E-state index in [2.05, 4.69) is 5.32 Å². The van der Waals surface area contributed by atoms with Crippen LogP contribution in [-0.4, -0.2) is 35.8 Å². The van der Waals surface area contributed by atoms with Crippen molar-refractivity contribution in [3.63, 3.8) is 0 Å². The Morgan fingerprint density at radius 3 is 2.50 bits per heavy atom. The lowest BCUT2D eigenvalue weighted by Crippen LogP contribution is -2.36. The van der Waals surface area contributed by atoms with Gasteiger partial charge in [-0.1, -0.05) is 0 Å². The highest BCUT2D eigenvalue weighted by atomic mass is 16.2. The molecule has 4 heteroatoms. The van der Waals surface area contributed by atoms with E-state index in [9.17, 15) is 9.59 Å². The number of nitrogens with one attached hydrogen (secondary N) is 1. The van der Waals surface area contributed by atoms with Crippen molar-refractivity contribution in [1.29, 1.82) is 0 Å². The van der Waals surface area contributed by atoms with Crippen molar-refractivity contribution in [3.8, 4) is 0 Å². The van der Waals surface area contributed by atoms with Crippen molar-refractivity contribution in [2.45, 2.75) is 26.3 Å². The Morgan fingerprint density at radius 1 is 1.42 bits per heavy atom. The Labute approximate surface area is 71.9 Å². The number of amides is 2. The van der Waals surface area contributed by atoms with E-state index in [0.717, 1.165) is 13.0 Å². The van der Waals surface area contributed by atoms with Gasteiger partial charge >= 0.3 is 0 Å². The summed E-state index contributed by atoms with van der Waals surface area (Å²) in [6.07, 6.45) is 0.874. The first-order chi connectivity index (χ1) is 5.59. The number of hydrogen-bond acceptors (Lipinski definition) is 2. The molecule has 1 rings (SSSR count). The largest absolute Gasteiger partial charge is 0.352 e. The van der Waals surface area contributed by atoms with Crippen LogP contribution in [0.25, 0.3) is 0 Å². The van der Waals surface area contributed by atoms with Crippen LogP contribution in [0.4, 0.5) is 0 Å². The highest BCUT2D eigenvalue weighted by Crippen LogP contribution is 2.08. The summed E-state index contributed by atoms with van der Waals surface area (Å²) in [5.41, 5.74) is 0. The van der Waals surface area contributed by atoms with Crippen LogP contribution in [0.2, 0.25) is 0 Å². The van der Waals surface area contributed by atoms with Crippen molar-refractivity contribution in [2.24, 2.45) is 0 Å². The van der Waals surface area contributed by atoms with E-state index in [4.69, 9.17) is 0 Å². The third-order valence-corrected chi connectivity index (χ3v) is 2.04. The zero-order chi connectivity index (χ0) is 9.14. The monoisotopic (exact) mass is 170 g/mol. The Bertz CT molecular complexity index is 203. The van der Waals surface area contributed by atoms with Crippen molar-refractivity contribution in [2.75, 3.05) is 13.1 Å². The lowest BCUT2D eigenvalue weighted by atomic mass is 10.3. The van der Waals surface area contributed by atoms with Gasteiger partial charge in [0.25, 0.3) is 0 Å². The molecule has 1 N–H and O–H groups in total. The molecule has 1 fully saturated rings. The van der Waals surface area contributed by atoms with Gasteiger partial charge < -0.3 is 10.2 Å². The molecule has 0 aromatic rings. The molecule has 0 spiro atoms. The summed E-state index contributed by atoms with van der Waals surface area (Å²) in [4.78, 5) is 23.3. The van der Waals surface area contributed by atoms with Gasteiger partial charge in [-0.05, 0) is 6.42 Å². The minimum atomic E-state index is -0.0228. The van der Waals surface area contributed by atoms with Gasteiger partial charge in [-0.3, -0.25) is 9.59 Å². The van der Waals surface area contributed by atoms with Gasteiger partial charge in [0.1, 0.15) is 0 Å². The molecule has 0 radical (unpaired) electrons. The smallest absolute Gasteiger partial charge is 0.219 e. The van der Waals surface area contributed by atoms with Crippen LogP contribution in [-0.2, 0) is 9.59 Å². The van der Waals surface area contributed by atoms with Crippen LogP contribution in [0.1, 0.15) is 20.3 Å². The molecular formula is C8H14N2O2. The van der Waals surface area contributed by atoms with Crippen molar-refractivity contribution in [3.05, 3.63) is 0 Å². The second kappa shape index (κ2) is 3.56. The molecule has 0 aliphatic carbocycles.